The molecule has 0 aromatic carbocycles. The predicted octanol–water partition coefficient (Wildman–Crippen LogP) is 1.78. The lowest BCUT2D eigenvalue weighted by Crippen LogP contribution is -2.36. The zero-order valence-electron chi connectivity index (χ0n) is 7.88. The fourth-order valence-corrected chi connectivity index (χ4v) is 1.08. The number of unbranched alkanes of at least 4 members (excludes halogenated alkanes) is 3. The smallest absolute Gasteiger partial charge is 0.314 e. The Morgan fingerprint density at radius 1 is 1.42 bits per heavy atom. The number of nitrogens with two attached hydrogens (primary N) is 1. The van der Waals surface area contributed by atoms with Crippen molar-refractivity contribution < 1.29 is 4.79 Å². The number of rotatable bonds is 6. The lowest BCUT2D eigenvalue weighted by Gasteiger charge is -2.17. The molecule has 0 aromatic rings. The number of urea groups is 1. The number of carbonyl (C=O) groups is 1. The van der Waals surface area contributed by atoms with Gasteiger partial charge in [0, 0.05) is 13.1 Å². The van der Waals surface area contributed by atoms with Crippen LogP contribution in [0.15, 0.2) is 0 Å². The Kier molecular flexibility index (Phi) is 6.53. The monoisotopic (exact) mass is 171 g/mol. The number of hydrogen-bond acceptors (Lipinski definition) is 1. The lowest BCUT2D eigenvalue weighted by molar-refractivity contribution is 0.209. The first kappa shape index (κ1) is 11.3. The van der Waals surface area contributed by atoms with E-state index >= 15 is 0 Å². The highest BCUT2D eigenvalue weighted by molar-refractivity contribution is 5.71. The highest BCUT2D eigenvalue weighted by Crippen LogP contribution is 2.00. The summed E-state index contributed by atoms with van der Waals surface area (Å²) in [6.45, 7) is 7.18. The summed E-state index contributed by atoms with van der Waals surface area (Å²) < 4.78 is 0. The molecule has 0 aliphatic rings. The molecular weight excluding hydrogens is 152 g/mol. The Labute approximate surface area is 74.9 Å². The largest absolute Gasteiger partial charge is 0.351 e. The molecule has 71 valence electrons. The maximum absolute atomic E-state index is 10.7. The number of amides is 2. The Morgan fingerprint density at radius 2 is 2.08 bits per heavy atom. The molecule has 0 saturated heterocycles. The van der Waals surface area contributed by atoms with Crippen molar-refractivity contribution in [3.8, 4) is 0 Å². The Balaban J connectivity index is 3.38. The average molecular weight is 171 g/mol. The van der Waals surface area contributed by atoms with Crippen LogP contribution in [0.25, 0.3) is 0 Å². The molecule has 0 aliphatic heterocycles. The van der Waals surface area contributed by atoms with Crippen molar-refractivity contribution in [3.63, 3.8) is 0 Å². The molecular formula is C9H19N2O. The molecule has 0 spiro atoms. The number of primary amides is 1. The zero-order valence-corrected chi connectivity index (χ0v) is 7.88. The van der Waals surface area contributed by atoms with E-state index in [2.05, 4.69) is 6.92 Å². The van der Waals surface area contributed by atoms with Gasteiger partial charge in [-0.3, -0.25) is 0 Å². The van der Waals surface area contributed by atoms with Crippen molar-refractivity contribution in [1.29, 1.82) is 0 Å². The van der Waals surface area contributed by atoms with E-state index in [1.165, 1.54) is 0 Å². The first-order valence-electron chi connectivity index (χ1n) is 4.56. The van der Waals surface area contributed by atoms with Crippen LogP contribution in [0.5, 0.6) is 0 Å². The normalized spacial score (nSPS) is 9.83. The highest BCUT2D eigenvalue weighted by atomic mass is 16.2. The van der Waals surface area contributed by atoms with Gasteiger partial charge in [-0.2, -0.15) is 0 Å². The van der Waals surface area contributed by atoms with Crippen molar-refractivity contribution in [2.75, 3.05) is 13.1 Å². The molecule has 0 fully saturated rings. The number of carbonyl (C=O) groups excluding carboxylic acids is 1. The maximum Gasteiger partial charge on any atom is 0.314 e. The summed E-state index contributed by atoms with van der Waals surface area (Å²) in [6.07, 6.45) is 4.28. The van der Waals surface area contributed by atoms with Crippen LogP contribution < -0.4 is 5.73 Å². The highest BCUT2D eigenvalue weighted by Gasteiger charge is 2.04. The van der Waals surface area contributed by atoms with Crippen molar-refractivity contribution in [1.82, 2.24) is 4.90 Å². The maximum atomic E-state index is 10.7. The molecule has 0 saturated carbocycles. The van der Waals surface area contributed by atoms with Crippen LogP contribution in [-0.2, 0) is 0 Å². The molecule has 3 heteroatoms. The van der Waals surface area contributed by atoms with Crippen LogP contribution in [0.2, 0.25) is 0 Å². The topological polar surface area (TPSA) is 46.3 Å². The second-order valence-electron chi connectivity index (χ2n) is 2.83. The van der Waals surface area contributed by atoms with E-state index in [0.29, 0.717) is 6.54 Å². The van der Waals surface area contributed by atoms with Crippen LogP contribution in [0.3, 0.4) is 0 Å². The molecule has 2 amide bonds. The van der Waals surface area contributed by atoms with E-state index in [-0.39, 0.29) is 6.03 Å². The minimum Gasteiger partial charge on any atom is -0.351 e. The molecule has 0 unspecified atom stereocenters. The van der Waals surface area contributed by atoms with E-state index in [1.54, 1.807) is 4.90 Å². The third kappa shape index (κ3) is 4.99. The molecule has 0 heterocycles. The van der Waals surface area contributed by atoms with Gasteiger partial charge in [-0.1, -0.05) is 26.2 Å². The van der Waals surface area contributed by atoms with Gasteiger partial charge in [0.2, 0.25) is 0 Å². The van der Waals surface area contributed by atoms with Gasteiger partial charge in [0.05, 0.1) is 0 Å². The van der Waals surface area contributed by atoms with Crippen LogP contribution in [0.1, 0.15) is 32.6 Å². The minimum atomic E-state index is -0.313. The van der Waals surface area contributed by atoms with Gasteiger partial charge >= 0.3 is 6.03 Å². The Bertz CT molecular complexity index is 126. The molecule has 3 nitrogen and oxygen atoms in total. The second-order valence-corrected chi connectivity index (χ2v) is 2.83. The first-order chi connectivity index (χ1) is 5.72. The zero-order chi connectivity index (χ0) is 9.40. The van der Waals surface area contributed by atoms with Gasteiger partial charge in [0.15, 0.2) is 0 Å². The van der Waals surface area contributed by atoms with Crippen molar-refractivity contribution in [2.45, 2.75) is 32.6 Å². The van der Waals surface area contributed by atoms with Crippen LogP contribution in [-0.4, -0.2) is 24.0 Å². The average Bonchev–Trinajstić information content (AvgIpc) is 2.04. The molecule has 12 heavy (non-hydrogen) atoms. The van der Waals surface area contributed by atoms with E-state index in [1.807, 2.05) is 6.92 Å². The van der Waals surface area contributed by atoms with Crippen molar-refractivity contribution in [2.24, 2.45) is 5.73 Å². The van der Waals surface area contributed by atoms with Gasteiger partial charge in [0.25, 0.3) is 0 Å². The SMILES string of the molecule is [CH2]CCCCCN(CC)C(N)=O. The van der Waals surface area contributed by atoms with E-state index < -0.39 is 0 Å². The fraction of sp³-hybridized carbons (Fsp3) is 0.778. The predicted molar refractivity (Wildman–Crippen MR) is 50.7 cm³/mol. The summed E-state index contributed by atoms with van der Waals surface area (Å²) in [5.41, 5.74) is 5.14. The summed E-state index contributed by atoms with van der Waals surface area (Å²) in [7, 11) is 0. The summed E-state index contributed by atoms with van der Waals surface area (Å²) >= 11 is 0. The molecule has 0 aromatic heterocycles. The molecule has 0 bridgehead atoms. The molecule has 1 radical (unpaired) electrons. The van der Waals surface area contributed by atoms with Crippen LogP contribution >= 0.6 is 0 Å². The summed E-state index contributed by atoms with van der Waals surface area (Å²) in [4.78, 5) is 12.4. The quantitative estimate of drug-likeness (QED) is 0.608. The van der Waals surface area contributed by atoms with E-state index in [0.717, 1.165) is 32.2 Å². The van der Waals surface area contributed by atoms with Crippen molar-refractivity contribution >= 4 is 6.03 Å². The van der Waals surface area contributed by atoms with Gasteiger partial charge in [-0.05, 0) is 13.3 Å². The minimum absolute atomic E-state index is 0.313. The number of hydrogen-bond donors (Lipinski definition) is 1. The van der Waals surface area contributed by atoms with Crippen LogP contribution in [0, 0.1) is 6.92 Å². The van der Waals surface area contributed by atoms with Gasteiger partial charge in [-0.25, -0.2) is 4.79 Å². The third-order valence-electron chi connectivity index (χ3n) is 1.87. The van der Waals surface area contributed by atoms with Gasteiger partial charge in [-0.15, -0.1) is 0 Å². The molecule has 0 rings (SSSR count). The molecule has 0 aliphatic carbocycles. The summed E-state index contributed by atoms with van der Waals surface area (Å²) in [5, 5.41) is 0. The summed E-state index contributed by atoms with van der Waals surface area (Å²) in [6, 6.07) is -0.313. The van der Waals surface area contributed by atoms with E-state index in [9.17, 15) is 4.79 Å². The summed E-state index contributed by atoms with van der Waals surface area (Å²) in [5.74, 6) is 0. The van der Waals surface area contributed by atoms with Crippen LogP contribution in [0.4, 0.5) is 4.79 Å². The Morgan fingerprint density at radius 3 is 2.50 bits per heavy atom. The van der Waals surface area contributed by atoms with Gasteiger partial charge < -0.3 is 10.6 Å². The van der Waals surface area contributed by atoms with E-state index in [4.69, 9.17) is 5.73 Å². The third-order valence-corrected chi connectivity index (χ3v) is 1.87. The lowest BCUT2D eigenvalue weighted by atomic mass is 10.2. The Hall–Kier alpha value is -0.730. The van der Waals surface area contributed by atoms with Gasteiger partial charge in [0.1, 0.15) is 0 Å². The second kappa shape index (κ2) is 6.95. The molecule has 0 atom stereocenters. The van der Waals surface area contributed by atoms with Crippen molar-refractivity contribution in [3.05, 3.63) is 6.92 Å². The first-order valence-corrected chi connectivity index (χ1v) is 4.56. The fourth-order valence-electron chi connectivity index (χ4n) is 1.08. The standard InChI is InChI=1S/C9H19N2O/c1-3-5-6-7-8-11(4-2)9(10)12/h1,3-8H2,2H3,(H2,10,12). The number of nitrogens with zero attached hydrogens (tertiary/aromatic N) is 1. The molecule has 2 N–H and O–H groups in total.